The second-order valence-corrected chi connectivity index (χ2v) is 13.2. The van der Waals surface area contributed by atoms with Crippen LogP contribution >= 0.6 is 0 Å². The second kappa shape index (κ2) is 20.4. The van der Waals surface area contributed by atoms with Gasteiger partial charge in [-0.15, -0.1) is 0 Å². The third kappa shape index (κ3) is 13.0. The molecule has 2 fully saturated rings. The fourth-order valence-electron chi connectivity index (χ4n) is 6.35. The summed E-state index contributed by atoms with van der Waals surface area (Å²) >= 11 is 0. The average Bonchev–Trinajstić information content (AvgIpc) is 3.14. The van der Waals surface area contributed by atoms with Crippen LogP contribution in [0.5, 0.6) is 0 Å². The fraction of sp³-hybridized carbons (Fsp3) is 0.528. The largest absolute Gasteiger partial charge is 0.548 e. The van der Waals surface area contributed by atoms with Crippen molar-refractivity contribution in [2.75, 3.05) is 13.1 Å². The monoisotopic (exact) mass is 719 g/mol. The molecule has 2 aromatic rings. The van der Waals surface area contributed by atoms with Crippen LogP contribution in [0.3, 0.4) is 0 Å². The number of aliphatic carboxylic acids is 1. The molecule has 16 nitrogen and oxygen atoms in total. The number of nitrogens with one attached hydrogen (secondary N) is 6. The Hall–Kier alpha value is -5.41. The predicted octanol–water partition coefficient (Wildman–Crippen LogP) is -0.811. The van der Waals surface area contributed by atoms with E-state index in [0.29, 0.717) is 6.42 Å². The highest BCUT2D eigenvalue weighted by Gasteiger charge is 2.32. The summed E-state index contributed by atoms with van der Waals surface area (Å²) in [5.41, 5.74) is 0.849. The van der Waals surface area contributed by atoms with Gasteiger partial charge in [0.25, 0.3) is 5.91 Å². The summed E-state index contributed by atoms with van der Waals surface area (Å²) in [6.45, 7) is -0.0678. The molecule has 1 aliphatic carbocycles. The first kappa shape index (κ1) is 39.4. The minimum Gasteiger partial charge on any atom is -0.548 e. The summed E-state index contributed by atoms with van der Waals surface area (Å²) in [5.74, 6) is -5.01. The van der Waals surface area contributed by atoms with Crippen molar-refractivity contribution in [3.05, 3.63) is 60.2 Å². The molecule has 1 aliphatic heterocycles. The number of carbonyl (C=O) groups is 7. The van der Waals surface area contributed by atoms with E-state index in [0.717, 1.165) is 37.7 Å². The highest BCUT2D eigenvalue weighted by atomic mass is 16.4. The van der Waals surface area contributed by atoms with Crippen LogP contribution in [-0.2, 0) is 35.2 Å². The Morgan fingerprint density at radius 1 is 0.788 bits per heavy atom. The second-order valence-electron chi connectivity index (χ2n) is 13.2. The van der Waals surface area contributed by atoms with Gasteiger partial charge < -0.3 is 41.8 Å². The molecular weight excluding hydrogens is 672 g/mol. The summed E-state index contributed by atoms with van der Waals surface area (Å²) < 4.78 is 0. The molecule has 0 unspecified atom stereocenters. The van der Waals surface area contributed by atoms with Crippen LogP contribution in [0.1, 0.15) is 86.7 Å². The van der Waals surface area contributed by atoms with Gasteiger partial charge in [0, 0.05) is 44.7 Å². The van der Waals surface area contributed by atoms with Crippen molar-refractivity contribution in [3.63, 3.8) is 0 Å². The lowest BCUT2D eigenvalue weighted by Gasteiger charge is -2.29. The summed E-state index contributed by atoms with van der Waals surface area (Å²) in [6, 6.07) is 4.26. The quantitative estimate of drug-likeness (QED) is 0.167. The van der Waals surface area contributed by atoms with Gasteiger partial charge in [-0.2, -0.15) is 0 Å². The maximum Gasteiger partial charge on any atom is 0.271 e. The molecule has 280 valence electrons. The molecule has 2 heterocycles. The van der Waals surface area contributed by atoms with Crippen molar-refractivity contribution in [2.45, 2.75) is 101 Å². The third-order valence-corrected chi connectivity index (χ3v) is 9.18. The van der Waals surface area contributed by atoms with Crippen LogP contribution in [0.15, 0.2) is 48.9 Å². The Balaban J connectivity index is 1.57. The molecule has 2 aliphatic rings. The van der Waals surface area contributed by atoms with Crippen molar-refractivity contribution in [2.24, 2.45) is 5.92 Å². The molecule has 1 aromatic heterocycles. The van der Waals surface area contributed by atoms with Crippen LogP contribution in [0, 0.1) is 5.92 Å². The first-order valence-electron chi connectivity index (χ1n) is 17.8. The molecule has 0 bridgehead atoms. The summed E-state index contributed by atoms with van der Waals surface area (Å²) in [5, 5.41) is 27.7. The van der Waals surface area contributed by atoms with Crippen molar-refractivity contribution in [1.82, 2.24) is 41.9 Å². The number of hydrogen-bond donors (Lipinski definition) is 6. The standard InChI is InChI=1S/C36H48N8O8/c45-30-13-14-31(46)42-27(20-23-8-3-1-4-9-23)34(49)44-28(21-24-10-5-2-6-11-24)35(50)43-25(32(47)40-17-15-26(41-30)36(51)52)12-7-16-39-33(48)29-22-37-18-19-38-29/h2,5-6,10-11,18-19,22-23,25-28H,1,3-4,7-9,12-17,20-21H2,(H,39,48)(H,40,47)(H,41,45)(H,42,46)(H,43,50)(H,44,49)(H,51,52)/p-1/t25-,26-,27-,28-/m0/s1. The van der Waals surface area contributed by atoms with Crippen molar-refractivity contribution >= 4 is 41.4 Å². The maximum atomic E-state index is 14.0. The lowest BCUT2D eigenvalue weighted by Crippen LogP contribution is -2.58. The Morgan fingerprint density at radius 2 is 1.48 bits per heavy atom. The summed E-state index contributed by atoms with van der Waals surface area (Å²) in [4.78, 5) is 99.1. The Morgan fingerprint density at radius 3 is 2.17 bits per heavy atom. The van der Waals surface area contributed by atoms with Gasteiger partial charge in [-0.05, 0) is 37.2 Å². The van der Waals surface area contributed by atoms with Gasteiger partial charge in [0.1, 0.15) is 23.8 Å². The molecule has 52 heavy (non-hydrogen) atoms. The van der Waals surface area contributed by atoms with Gasteiger partial charge in [0.05, 0.1) is 18.2 Å². The number of hydrogen-bond acceptors (Lipinski definition) is 10. The highest BCUT2D eigenvalue weighted by Crippen LogP contribution is 2.27. The molecule has 0 radical (unpaired) electrons. The van der Waals surface area contributed by atoms with Gasteiger partial charge in [-0.25, -0.2) is 4.98 Å². The van der Waals surface area contributed by atoms with Crippen LogP contribution < -0.4 is 37.0 Å². The Labute approximate surface area is 302 Å². The number of carboxylic acids is 1. The topological polar surface area (TPSA) is 241 Å². The lowest BCUT2D eigenvalue weighted by molar-refractivity contribution is -0.308. The van der Waals surface area contributed by atoms with Crippen LogP contribution in [-0.4, -0.2) is 88.6 Å². The van der Waals surface area contributed by atoms with E-state index in [1.165, 1.54) is 18.6 Å². The SMILES string of the molecule is O=C1CCC(=O)N[C@@H](CC2CCCCC2)C(=O)N[C@@H](Cc2ccccc2)C(=O)N[C@@H](CCCNC(=O)c2cnccn2)C(=O)NCC[C@@H](C(=O)[O-])N1. The zero-order valence-corrected chi connectivity index (χ0v) is 29.1. The van der Waals surface area contributed by atoms with E-state index in [1.807, 2.05) is 6.07 Å². The maximum absolute atomic E-state index is 14.0. The normalized spacial score (nSPS) is 23.0. The highest BCUT2D eigenvalue weighted by molar-refractivity contribution is 5.95. The van der Waals surface area contributed by atoms with E-state index in [2.05, 4.69) is 41.9 Å². The average molecular weight is 720 g/mol. The first-order valence-corrected chi connectivity index (χ1v) is 17.8. The molecule has 16 heteroatoms. The Kier molecular flexibility index (Phi) is 15.5. The minimum absolute atomic E-state index is 0.0609. The minimum atomic E-state index is -1.57. The van der Waals surface area contributed by atoms with Gasteiger partial charge in [-0.1, -0.05) is 62.4 Å². The van der Waals surface area contributed by atoms with Gasteiger partial charge >= 0.3 is 0 Å². The lowest BCUT2D eigenvalue weighted by atomic mass is 9.84. The summed E-state index contributed by atoms with van der Waals surface area (Å²) in [7, 11) is 0. The van der Waals surface area contributed by atoms with Gasteiger partial charge in [0.15, 0.2) is 0 Å². The number of nitrogens with zero attached hydrogens (tertiary/aromatic N) is 2. The fourth-order valence-corrected chi connectivity index (χ4v) is 6.35. The van der Waals surface area contributed by atoms with Crippen LogP contribution in [0.2, 0.25) is 0 Å². The number of aromatic nitrogens is 2. The molecule has 4 rings (SSSR count). The zero-order chi connectivity index (χ0) is 37.3. The summed E-state index contributed by atoms with van der Waals surface area (Å²) in [6.07, 6.45) is 8.83. The molecule has 0 spiro atoms. The van der Waals surface area contributed by atoms with E-state index in [9.17, 15) is 38.7 Å². The number of rotatable bonds is 10. The molecule has 6 amide bonds. The molecule has 4 atom stereocenters. The van der Waals surface area contributed by atoms with Crippen LogP contribution in [0.25, 0.3) is 0 Å². The molecular formula is C36H47N8O8-. The number of benzene rings is 1. The number of amides is 6. The van der Waals surface area contributed by atoms with Gasteiger partial charge in [0.2, 0.25) is 29.5 Å². The zero-order valence-electron chi connectivity index (χ0n) is 29.1. The van der Waals surface area contributed by atoms with E-state index in [-0.39, 0.29) is 63.2 Å². The number of carboxylic acid groups (broad SMARTS) is 1. The first-order chi connectivity index (χ1) is 25.1. The van der Waals surface area contributed by atoms with Crippen molar-refractivity contribution in [3.8, 4) is 0 Å². The smallest absolute Gasteiger partial charge is 0.271 e. The van der Waals surface area contributed by atoms with E-state index in [4.69, 9.17) is 0 Å². The van der Waals surface area contributed by atoms with Crippen LogP contribution in [0.4, 0.5) is 0 Å². The molecule has 1 aromatic carbocycles. The van der Waals surface area contributed by atoms with Gasteiger partial charge in [-0.3, -0.25) is 33.8 Å². The van der Waals surface area contributed by atoms with Crippen molar-refractivity contribution in [1.29, 1.82) is 0 Å². The van der Waals surface area contributed by atoms with E-state index >= 15 is 0 Å². The molecule has 1 saturated carbocycles. The number of carbonyl (C=O) groups excluding carboxylic acids is 7. The molecule has 1 saturated heterocycles. The third-order valence-electron chi connectivity index (χ3n) is 9.18. The van der Waals surface area contributed by atoms with E-state index in [1.54, 1.807) is 24.3 Å². The predicted molar refractivity (Wildman–Crippen MR) is 185 cm³/mol. The molecule has 6 N–H and O–H groups in total. The van der Waals surface area contributed by atoms with E-state index < -0.39 is 65.6 Å². The van der Waals surface area contributed by atoms with Crippen molar-refractivity contribution < 1.29 is 38.7 Å². The Bertz CT molecular complexity index is 1540.